The predicted molar refractivity (Wildman–Crippen MR) is 312 cm³/mol. The van der Waals surface area contributed by atoms with Crippen LogP contribution in [-0.2, 0) is 99.9 Å². The number of rotatable bonds is 26. The number of hydrogen-bond donors (Lipinski definition) is 5. The number of carboxylic acid groups (broad SMARTS) is 1. The topological polar surface area (TPSA) is 287 Å². The summed E-state index contributed by atoms with van der Waals surface area (Å²) in [5.41, 5.74) is 2.75. The number of benzene rings is 6. The SMILES string of the molecule is COC(=O)[C@H](Cc1ccc(P(=O)(OC)c2ccc(C[C@H](NC(=O)OCc3ccccc3)C(=O)N[C@@H](Cc3ccc(P(=O)(OC)c4ccc(C[C@H](NC(=O)OCc5ccccc5)C(=O)O)cc4)cc3)C(=O)OC)cc2)cc1)NC(=O)OC(C)(C)C. The summed E-state index contributed by atoms with van der Waals surface area (Å²) in [6.45, 7) is 4.91. The van der Waals surface area contributed by atoms with Crippen LogP contribution in [0.15, 0.2) is 158 Å². The zero-order valence-corrected chi connectivity index (χ0v) is 49.2. The van der Waals surface area contributed by atoms with Gasteiger partial charge in [0.25, 0.3) is 14.7 Å². The predicted octanol–water partition coefficient (Wildman–Crippen LogP) is 6.71. The lowest BCUT2D eigenvalue weighted by atomic mass is 10.0. The summed E-state index contributed by atoms with van der Waals surface area (Å²) in [6.07, 6.45) is -2.94. The van der Waals surface area contributed by atoms with E-state index in [1.165, 1.54) is 21.3 Å². The summed E-state index contributed by atoms with van der Waals surface area (Å²) in [5, 5.41) is 21.3. The number of carbonyl (C=O) groups excluding carboxylic acids is 6. The van der Waals surface area contributed by atoms with Crippen LogP contribution in [0.4, 0.5) is 14.4 Å². The Kier molecular flexibility index (Phi) is 23.1. The van der Waals surface area contributed by atoms with Gasteiger partial charge in [-0.25, -0.2) is 28.8 Å². The van der Waals surface area contributed by atoms with E-state index in [1.807, 2.05) is 6.07 Å². The van der Waals surface area contributed by atoms with Gasteiger partial charge in [-0.15, -0.1) is 0 Å². The van der Waals surface area contributed by atoms with Crippen LogP contribution >= 0.6 is 14.7 Å². The first-order chi connectivity index (χ1) is 40.1. The maximum atomic E-state index is 14.6. The number of carbonyl (C=O) groups is 7. The fraction of sp³-hybridized carbons (Fsp3) is 0.295. The van der Waals surface area contributed by atoms with Crippen molar-refractivity contribution in [2.75, 3.05) is 28.4 Å². The lowest BCUT2D eigenvalue weighted by Crippen LogP contribution is -2.53. The molecule has 0 saturated heterocycles. The van der Waals surface area contributed by atoms with Crippen molar-refractivity contribution >= 4 is 78.1 Å². The number of aliphatic carboxylic acids is 1. The number of amides is 4. The van der Waals surface area contributed by atoms with E-state index in [0.29, 0.717) is 38.4 Å². The molecule has 0 aliphatic carbocycles. The average molecular weight is 1190 g/mol. The standard InChI is InChI=1S/C61H68N4O17P2/c1-61(2,3)82-60(73)65-53(57(70)77-5)37-43-24-32-49(33-25-43)83(74,78-6)46-26-18-40(19-27-46)34-50(63-58(71)80-38-44-14-10-8-11-15-44)54(66)62-52(56(69)76-4)36-42-22-30-48(31-23-42)84(75,79-7)47-28-20-41(21-29-47)35-51(55(67)68)64-59(72)81-39-45-16-12-9-13-17-45/h8-33,50-53H,34-39H2,1-7H3,(H,62,66)(H,63,71)(H,64,72)(H,65,73)(H,67,68)/t50-,51-,52-,53-,83?,84?/m0/s1. The number of hydrogen-bond acceptors (Lipinski definition) is 16. The maximum absolute atomic E-state index is 14.6. The molecule has 0 heterocycles. The summed E-state index contributed by atoms with van der Waals surface area (Å²) < 4.78 is 66.3. The van der Waals surface area contributed by atoms with Gasteiger partial charge >= 0.3 is 36.2 Å². The van der Waals surface area contributed by atoms with Crippen molar-refractivity contribution < 1.29 is 80.5 Å². The number of esters is 2. The smallest absolute Gasteiger partial charge is 0.408 e. The van der Waals surface area contributed by atoms with Gasteiger partial charge in [0.15, 0.2) is 0 Å². The van der Waals surface area contributed by atoms with Gasteiger partial charge in [-0.2, -0.15) is 0 Å². The van der Waals surface area contributed by atoms with E-state index in [-0.39, 0.29) is 49.5 Å². The Morgan fingerprint density at radius 1 is 0.417 bits per heavy atom. The number of alkyl carbamates (subject to hydrolysis) is 3. The van der Waals surface area contributed by atoms with Crippen molar-refractivity contribution in [1.29, 1.82) is 0 Å². The zero-order chi connectivity index (χ0) is 61.0. The summed E-state index contributed by atoms with van der Waals surface area (Å²) in [7, 11) is -2.54. The fourth-order valence-electron chi connectivity index (χ4n) is 8.59. The van der Waals surface area contributed by atoms with Gasteiger partial charge < -0.3 is 59.1 Å². The van der Waals surface area contributed by atoms with Gasteiger partial charge in [-0.05, 0) is 103 Å². The van der Waals surface area contributed by atoms with Crippen molar-refractivity contribution in [3.8, 4) is 0 Å². The zero-order valence-electron chi connectivity index (χ0n) is 47.4. The third-order valence-corrected chi connectivity index (χ3v) is 17.9. The maximum Gasteiger partial charge on any atom is 0.408 e. The first-order valence-corrected chi connectivity index (χ1v) is 29.6. The minimum atomic E-state index is -3.74. The normalized spacial score (nSPS) is 14.0. The van der Waals surface area contributed by atoms with E-state index in [9.17, 15) is 47.8 Å². The summed E-state index contributed by atoms with van der Waals surface area (Å²) in [5.74, 6) is -3.56. The summed E-state index contributed by atoms with van der Waals surface area (Å²) >= 11 is 0. The Hall–Kier alpha value is -8.61. The molecule has 0 spiro atoms. The van der Waals surface area contributed by atoms with Gasteiger partial charge in [-0.1, -0.05) is 109 Å². The number of ether oxygens (including phenoxy) is 5. The molecule has 0 saturated carbocycles. The molecule has 0 aliphatic heterocycles. The van der Waals surface area contributed by atoms with E-state index in [0.717, 1.165) is 12.7 Å². The quantitative estimate of drug-likeness (QED) is 0.0214. The molecular formula is C61H68N4O17P2. The molecule has 0 aromatic heterocycles. The first kappa shape index (κ1) is 64.6. The molecule has 4 amide bonds. The largest absolute Gasteiger partial charge is 0.480 e. The summed E-state index contributed by atoms with van der Waals surface area (Å²) in [4.78, 5) is 90.7. The lowest BCUT2D eigenvalue weighted by Gasteiger charge is -2.23. The van der Waals surface area contributed by atoms with Gasteiger partial charge in [0, 0.05) is 61.1 Å². The highest BCUT2D eigenvalue weighted by Gasteiger charge is 2.33. The molecule has 0 radical (unpaired) electrons. The van der Waals surface area contributed by atoms with E-state index < -0.39 is 86.6 Å². The molecule has 444 valence electrons. The highest BCUT2D eigenvalue weighted by Crippen LogP contribution is 2.45. The molecule has 5 N–H and O–H groups in total. The molecule has 6 aromatic rings. The minimum Gasteiger partial charge on any atom is -0.480 e. The number of methoxy groups -OCH3 is 2. The molecule has 6 aromatic carbocycles. The molecule has 6 atom stereocenters. The molecule has 23 heteroatoms. The molecule has 84 heavy (non-hydrogen) atoms. The molecule has 2 unspecified atom stereocenters. The second kappa shape index (κ2) is 30.1. The van der Waals surface area contributed by atoms with Crippen LogP contribution in [-0.4, -0.2) is 105 Å². The lowest BCUT2D eigenvalue weighted by molar-refractivity contribution is -0.145. The monoisotopic (exact) mass is 1190 g/mol. The minimum absolute atomic E-state index is 0.0345. The third kappa shape index (κ3) is 18.4. The molecule has 0 aliphatic rings. The van der Waals surface area contributed by atoms with E-state index in [2.05, 4.69) is 21.3 Å². The van der Waals surface area contributed by atoms with Crippen LogP contribution < -0.4 is 42.5 Å². The Bertz CT molecular complexity index is 3310. The van der Waals surface area contributed by atoms with E-state index >= 15 is 0 Å². The van der Waals surface area contributed by atoms with Crippen LogP contribution in [0, 0.1) is 0 Å². The second-order valence-corrected chi connectivity index (χ2v) is 25.1. The van der Waals surface area contributed by atoms with Crippen LogP contribution in [0.3, 0.4) is 0 Å². The van der Waals surface area contributed by atoms with Crippen molar-refractivity contribution in [3.63, 3.8) is 0 Å². The Morgan fingerprint density at radius 3 is 1.05 bits per heavy atom. The van der Waals surface area contributed by atoms with E-state index in [4.69, 9.17) is 32.7 Å². The Balaban J connectivity index is 1.15. The van der Waals surface area contributed by atoms with Crippen LogP contribution in [0.5, 0.6) is 0 Å². The number of nitrogens with one attached hydrogen (secondary N) is 4. The molecule has 0 bridgehead atoms. The molecule has 6 rings (SSSR count). The van der Waals surface area contributed by atoms with Crippen LogP contribution in [0.2, 0.25) is 0 Å². The molecule has 21 nitrogen and oxygen atoms in total. The van der Waals surface area contributed by atoms with Gasteiger partial charge in [0.1, 0.15) is 43.0 Å². The van der Waals surface area contributed by atoms with Crippen molar-refractivity contribution in [1.82, 2.24) is 21.3 Å². The highest BCUT2D eigenvalue weighted by molar-refractivity contribution is 7.74. The van der Waals surface area contributed by atoms with Crippen LogP contribution in [0.25, 0.3) is 0 Å². The Labute approximate surface area is 487 Å². The van der Waals surface area contributed by atoms with Crippen molar-refractivity contribution in [2.45, 2.75) is 89.4 Å². The van der Waals surface area contributed by atoms with Gasteiger partial charge in [-0.3, -0.25) is 13.9 Å². The van der Waals surface area contributed by atoms with Crippen molar-refractivity contribution in [3.05, 3.63) is 191 Å². The Morgan fingerprint density at radius 2 is 0.726 bits per heavy atom. The first-order valence-electron chi connectivity index (χ1n) is 26.4. The second-order valence-electron chi connectivity index (χ2n) is 20.1. The van der Waals surface area contributed by atoms with Gasteiger partial charge in [0.05, 0.1) is 14.2 Å². The van der Waals surface area contributed by atoms with Crippen LogP contribution in [0.1, 0.15) is 54.2 Å². The molecule has 0 fully saturated rings. The van der Waals surface area contributed by atoms with Gasteiger partial charge in [0.2, 0.25) is 5.91 Å². The highest BCUT2D eigenvalue weighted by atomic mass is 31.2. The van der Waals surface area contributed by atoms with Crippen molar-refractivity contribution in [2.24, 2.45) is 0 Å². The fourth-order valence-corrected chi connectivity index (χ4v) is 12.2. The summed E-state index contributed by atoms with van der Waals surface area (Å²) in [6, 6.07) is 38.2. The molecular weight excluding hydrogens is 1120 g/mol. The number of carboxylic acids is 1. The third-order valence-electron chi connectivity index (χ3n) is 13.0. The average Bonchev–Trinajstić information content (AvgIpc) is 3.63. The van der Waals surface area contributed by atoms with E-state index in [1.54, 1.807) is 172 Å².